The van der Waals surface area contributed by atoms with Crippen molar-refractivity contribution in [1.29, 1.82) is 0 Å². The van der Waals surface area contributed by atoms with Gasteiger partial charge in [-0.25, -0.2) is 9.07 Å². The number of likely N-dealkylation sites (tertiary alicyclic amines) is 1. The molecule has 2 heterocycles. The molecule has 4 rings (SSSR count). The molecular weight excluding hydrogens is 454 g/mol. The molecule has 6 nitrogen and oxygen atoms in total. The number of halogens is 3. The second-order valence-corrected chi connectivity index (χ2v) is 8.46. The van der Waals surface area contributed by atoms with Crippen molar-refractivity contribution in [3.63, 3.8) is 0 Å². The summed E-state index contributed by atoms with van der Waals surface area (Å²) >= 11 is 12.4. The van der Waals surface area contributed by atoms with E-state index in [1.165, 1.54) is 24.3 Å². The molecule has 0 saturated carbocycles. The Morgan fingerprint density at radius 1 is 1.12 bits per heavy atom. The van der Waals surface area contributed by atoms with Crippen LogP contribution in [0, 0.1) is 11.7 Å². The predicted molar refractivity (Wildman–Crippen MR) is 121 cm³/mol. The number of hydrogen-bond donors (Lipinski definition) is 1. The van der Waals surface area contributed by atoms with Crippen molar-refractivity contribution in [3.8, 4) is 0 Å². The summed E-state index contributed by atoms with van der Waals surface area (Å²) in [6.07, 6.45) is 2.98. The van der Waals surface area contributed by atoms with Gasteiger partial charge in [0.1, 0.15) is 11.6 Å². The van der Waals surface area contributed by atoms with Crippen molar-refractivity contribution in [3.05, 3.63) is 81.7 Å². The molecule has 0 radical (unpaired) electrons. The number of anilines is 1. The summed E-state index contributed by atoms with van der Waals surface area (Å²) in [5.41, 5.74) is 1.19. The zero-order valence-electron chi connectivity index (χ0n) is 17.1. The van der Waals surface area contributed by atoms with Crippen molar-refractivity contribution in [2.75, 3.05) is 18.4 Å². The van der Waals surface area contributed by atoms with E-state index in [9.17, 15) is 14.0 Å². The number of carbonyl (C=O) groups excluding carboxylic acids is 2. The van der Waals surface area contributed by atoms with Gasteiger partial charge in [-0.15, -0.1) is 0 Å². The van der Waals surface area contributed by atoms with Crippen molar-refractivity contribution in [2.45, 2.75) is 19.4 Å². The van der Waals surface area contributed by atoms with Crippen LogP contribution in [0.25, 0.3) is 0 Å². The summed E-state index contributed by atoms with van der Waals surface area (Å²) < 4.78 is 14.8. The Kier molecular flexibility index (Phi) is 6.77. The molecule has 2 amide bonds. The molecule has 3 aromatic rings. The van der Waals surface area contributed by atoms with Crippen molar-refractivity contribution in [1.82, 2.24) is 14.7 Å². The number of amides is 2. The number of carbonyl (C=O) groups is 2. The summed E-state index contributed by atoms with van der Waals surface area (Å²) in [5, 5.41) is 8.10. The minimum atomic E-state index is -0.395. The van der Waals surface area contributed by atoms with Crippen LogP contribution in [0.15, 0.2) is 54.7 Å². The summed E-state index contributed by atoms with van der Waals surface area (Å²) in [5.74, 6) is -0.601. The molecule has 1 N–H and O–H groups in total. The van der Waals surface area contributed by atoms with Crippen LogP contribution in [0.4, 0.5) is 10.2 Å². The van der Waals surface area contributed by atoms with Crippen LogP contribution in [0.3, 0.4) is 0 Å². The molecule has 1 aromatic heterocycles. The zero-order valence-corrected chi connectivity index (χ0v) is 18.6. The molecule has 9 heteroatoms. The van der Waals surface area contributed by atoms with Gasteiger partial charge in [-0.2, -0.15) is 5.10 Å². The number of hydrogen-bond acceptors (Lipinski definition) is 3. The Morgan fingerprint density at radius 2 is 1.91 bits per heavy atom. The summed E-state index contributed by atoms with van der Waals surface area (Å²) in [6, 6.07) is 12.5. The maximum Gasteiger partial charge on any atom is 0.253 e. The Hall–Kier alpha value is -2.90. The normalized spacial score (nSPS) is 16.1. The summed E-state index contributed by atoms with van der Waals surface area (Å²) in [4.78, 5) is 27.3. The highest BCUT2D eigenvalue weighted by molar-refractivity contribution is 6.42. The predicted octanol–water partition coefficient (Wildman–Crippen LogP) is 4.87. The molecule has 32 heavy (non-hydrogen) atoms. The molecular formula is C23H21Cl2FN4O2. The lowest BCUT2D eigenvalue weighted by Crippen LogP contribution is -2.43. The number of piperidine rings is 1. The van der Waals surface area contributed by atoms with Gasteiger partial charge in [0.05, 0.1) is 28.7 Å². The fourth-order valence-electron chi connectivity index (χ4n) is 3.78. The molecule has 1 atom stereocenters. The van der Waals surface area contributed by atoms with Gasteiger partial charge in [0, 0.05) is 24.7 Å². The quantitative estimate of drug-likeness (QED) is 0.573. The minimum Gasteiger partial charge on any atom is -0.338 e. The topological polar surface area (TPSA) is 67.2 Å². The van der Waals surface area contributed by atoms with Crippen molar-refractivity contribution < 1.29 is 14.0 Å². The molecule has 0 aliphatic carbocycles. The summed E-state index contributed by atoms with van der Waals surface area (Å²) in [6.45, 7) is 1.21. The van der Waals surface area contributed by atoms with Crippen LogP contribution >= 0.6 is 23.2 Å². The molecule has 1 saturated heterocycles. The Bertz CT molecular complexity index is 1130. The standard InChI is InChI=1S/C23H21Cl2FN4O2/c24-19-5-1-3-16(21(19)25)14-30-20(10-11-27-30)28-22(31)17-4-2-12-29(13-17)23(32)15-6-8-18(26)9-7-15/h1,3,5-11,17H,2,4,12-14H2,(H,28,31). The van der Waals surface area contributed by atoms with E-state index in [2.05, 4.69) is 10.4 Å². The highest BCUT2D eigenvalue weighted by Crippen LogP contribution is 2.27. The highest BCUT2D eigenvalue weighted by Gasteiger charge is 2.29. The second-order valence-electron chi connectivity index (χ2n) is 7.67. The monoisotopic (exact) mass is 474 g/mol. The molecule has 1 fully saturated rings. The lowest BCUT2D eigenvalue weighted by Gasteiger charge is -2.32. The number of rotatable bonds is 5. The second kappa shape index (κ2) is 9.71. The van der Waals surface area contributed by atoms with E-state index in [1.54, 1.807) is 34.0 Å². The summed E-state index contributed by atoms with van der Waals surface area (Å²) in [7, 11) is 0. The average Bonchev–Trinajstić information content (AvgIpc) is 3.23. The highest BCUT2D eigenvalue weighted by atomic mass is 35.5. The maximum absolute atomic E-state index is 13.2. The number of benzene rings is 2. The third-order valence-corrected chi connectivity index (χ3v) is 6.35. The van der Waals surface area contributed by atoms with Crippen LogP contribution in [-0.4, -0.2) is 39.6 Å². The van der Waals surface area contributed by atoms with Gasteiger partial charge in [-0.05, 0) is 48.7 Å². The molecule has 0 spiro atoms. The smallest absolute Gasteiger partial charge is 0.253 e. The SMILES string of the molecule is O=C(Nc1ccnn1Cc1cccc(Cl)c1Cl)C1CCCN(C(=O)c2ccc(F)cc2)C1. The minimum absolute atomic E-state index is 0.180. The fraction of sp³-hybridized carbons (Fsp3) is 0.261. The van der Waals surface area contributed by atoms with Crippen LogP contribution in [0.2, 0.25) is 10.0 Å². The van der Waals surface area contributed by atoms with Gasteiger partial charge < -0.3 is 10.2 Å². The van der Waals surface area contributed by atoms with E-state index >= 15 is 0 Å². The van der Waals surface area contributed by atoms with Crippen LogP contribution in [0.5, 0.6) is 0 Å². The fourth-order valence-corrected chi connectivity index (χ4v) is 4.16. The van der Waals surface area contributed by atoms with E-state index < -0.39 is 5.82 Å². The lowest BCUT2D eigenvalue weighted by atomic mass is 9.96. The first-order valence-electron chi connectivity index (χ1n) is 10.2. The largest absolute Gasteiger partial charge is 0.338 e. The van der Waals surface area contributed by atoms with Gasteiger partial charge in [0.25, 0.3) is 5.91 Å². The molecule has 1 unspecified atom stereocenters. The first kappa shape index (κ1) is 22.3. The third kappa shape index (κ3) is 4.95. The van der Waals surface area contributed by atoms with E-state index in [1.807, 2.05) is 6.07 Å². The zero-order chi connectivity index (χ0) is 22.7. The number of nitrogens with zero attached hydrogens (tertiary/aromatic N) is 3. The van der Waals surface area contributed by atoms with Crippen LogP contribution in [0.1, 0.15) is 28.8 Å². The molecule has 166 valence electrons. The van der Waals surface area contributed by atoms with Gasteiger partial charge in [-0.1, -0.05) is 35.3 Å². The number of aromatic nitrogens is 2. The van der Waals surface area contributed by atoms with Gasteiger partial charge in [0.15, 0.2) is 0 Å². The van der Waals surface area contributed by atoms with Gasteiger partial charge in [0.2, 0.25) is 5.91 Å². The Morgan fingerprint density at radius 3 is 2.69 bits per heavy atom. The third-order valence-electron chi connectivity index (χ3n) is 5.49. The van der Waals surface area contributed by atoms with E-state index in [4.69, 9.17) is 23.2 Å². The van der Waals surface area contributed by atoms with Crippen molar-refractivity contribution in [2.24, 2.45) is 5.92 Å². The molecule has 2 aromatic carbocycles. The molecule has 1 aliphatic heterocycles. The van der Waals surface area contributed by atoms with E-state index in [0.29, 0.717) is 53.9 Å². The van der Waals surface area contributed by atoms with E-state index in [-0.39, 0.29) is 17.7 Å². The maximum atomic E-state index is 13.2. The average molecular weight is 475 g/mol. The molecule has 0 bridgehead atoms. The van der Waals surface area contributed by atoms with E-state index in [0.717, 1.165) is 5.56 Å². The first-order chi connectivity index (χ1) is 15.4. The van der Waals surface area contributed by atoms with Crippen LogP contribution < -0.4 is 5.32 Å². The Balaban J connectivity index is 1.42. The van der Waals surface area contributed by atoms with Gasteiger partial charge >= 0.3 is 0 Å². The number of nitrogens with one attached hydrogen (secondary N) is 1. The van der Waals surface area contributed by atoms with Gasteiger partial charge in [-0.3, -0.25) is 9.59 Å². The molecule has 1 aliphatic rings. The Labute approximate surface area is 194 Å². The van der Waals surface area contributed by atoms with Crippen molar-refractivity contribution >= 4 is 40.8 Å². The lowest BCUT2D eigenvalue weighted by molar-refractivity contribution is -0.121. The first-order valence-corrected chi connectivity index (χ1v) is 11.0. The van der Waals surface area contributed by atoms with Crippen LogP contribution in [-0.2, 0) is 11.3 Å².